The maximum absolute atomic E-state index is 7.50. The van der Waals surface area contributed by atoms with Crippen LogP contribution in [0, 0.1) is 85.8 Å². The van der Waals surface area contributed by atoms with Gasteiger partial charge in [-0.25, -0.2) is 0 Å². The third-order valence-electron chi connectivity index (χ3n) is 8.29. The topological polar surface area (TPSA) is 79.6 Å². The van der Waals surface area contributed by atoms with Gasteiger partial charge in [0.05, 0.1) is 0 Å². The standard InChI is InChI=1S/2C10H20.4CO.2Cr/c2*1-6-7(2)9(4)10(5)8(6)3;4*1-2;;/h2*6-10H,1-5H3;;;;;;. The predicted molar refractivity (Wildman–Crippen MR) is 107 cm³/mol. The van der Waals surface area contributed by atoms with Crippen molar-refractivity contribution in [2.24, 2.45) is 59.2 Å². The Balaban J connectivity index is -0.0000000686. The fourth-order valence-corrected chi connectivity index (χ4v) is 4.79. The maximum Gasteiger partial charge on any atom is 0 e. The molecule has 2 aliphatic carbocycles. The monoisotopic (exact) mass is 496 g/mol. The fraction of sp³-hybridized carbons (Fsp3) is 0.833. The molecule has 2 aliphatic rings. The average Bonchev–Trinajstić information content (AvgIpc) is 3.04. The van der Waals surface area contributed by atoms with Crippen molar-refractivity contribution in [3.8, 4) is 0 Å². The van der Waals surface area contributed by atoms with Crippen LogP contribution in [0.1, 0.15) is 69.2 Å². The third-order valence-corrected chi connectivity index (χ3v) is 8.29. The van der Waals surface area contributed by atoms with Crippen LogP contribution in [0.2, 0.25) is 0 Å². The molecule has 30 heavy (non-hydrogen) atoms. The van der Waals surface area contributed by atoms with E-state index in [9.17, 15) is 0 Å². The third kappa shape index (κ3) is 12.8. The Morgan fingerprint density at radius 2 is 0.300 bits per heavy atom. The second kappa shape index (κ2) is 25.3. The molecule has 2 rings (SSSR count). The van der Waals surface area contributed by atoms with E-state index in [1.54, 1.807) is 0 Å². The van der Waals surface area contributed by atoms with Gasteiger partial charge in [0, 0.05) is 34.7 Å². The Hall–Kier alpha value is 0.0249. The summed E-state index contributed by atoms with van der Waals surface area (Å²) in [4.78, 5) is 0. The van der Waals surface area contributed by atoms with Crippen molar-refractivity contribution >= 4 is 0 Å². The minimum Gasteiger partial charge on any atom is 0 e. The maximum atomic E-state index is 7.50. The van der Waals surface area contributed by atoms with E-state index in [0.717, 1.165) is 59.2 Å². The Kier molecular flexibility index (Phi) is 36.9. The molecule has 0 spiro atoms. The van der Waals surface area contributed by atoms with Crippen LogP contribution in [0.5, 0.6) is 0 Å². The largest absolute Gasteiger partial charge is 0 e. The quantitative estimate of drug-likeness (QED) is 0.282. The molecule has 0 N–H and O–H groups in total. The van der Waals surface area contributed by atoms with Gasteiger partial charge in [0.2, 0.25) is 0 Å². The molecule has 2 fully saturated rings. The molecule has 0 atom stereocenters. The first-order valence-electron chi connectivity index (χ1n) is 9.92. The molecule has 2 saturated carbocycles. The van der Waals surface area contributed by atoms with E-state index >= 15 is 0 Å². The Morgan fingerprint density at radius 3 is 0.333 bits per heavy atom. The van der Waals surface area contributed by atoms with Crippen molar-refractivity contribution in [1.82, 2.24) is 0 Å². The van der Waals surface area contributed by atoms with Gasteiger partial charge in [-0.1, -0.05) is 69.2 Å². The number of rotatable bonds is 0. The van der Waals surface area contributed by atoms with Gasteiger partial charge in [0.15, 0.2) is 0 Å². The smallest absolute Gasteiger partial charge is 0 e. The van der Waals surface area contributed by atoms with Crippen LogP contribution in [0.15, 0.2) is 0 Å². The van der Waals surface area contributed by atoms with E-state index in [4.69, 9.17) is 18.6 Å². The summed E-state index contributed by atoms with van der Waals surface area (Å²) in [6, 6.07) is 0. The van der Waals surface area contributed by atoms with Gasteiger partial charge in [0.25, 0.3) is 0 Å². The van der Waals surface area contributed by atoms with E-state index in [-0.39, 0.29) is 34.7 Å². The normalized spacial score (nSPS) is 37.3. The molecule has 0 saturated heterocycles. The molecule has 0 radical (unpaired) electrons. The molecular formula is C24H40Cr2O4. The number of hydrogen-bond acceptors (Lipinski definition) is 0. The Labute approximate surface area is 207 Å². The van der Waals surface area contributed by atoms with E-state index in [2.05, 4.69) is 95.8 Å². The van der Waals surface area contributed by atoms with E-state index in [1.165, 1.54) is 0 Å². The first-order valence-corrected chi connectivity index (χ1v) is 9.92. The zero-order chi connectivity index (χ0) is 23.8. The minimum atomic E-state index is 0. The molecule has 172 valence electrons. The van der Waals surface area contributed by atoms with Crippen molar-refractivity contribution in [2.45, 2.75) is 69.2 Å². The summed E-state index contributed by atoms with van der Waals surface area (Å²) in [5, 5.41) is 0. The van der Waals surface area contributed by atoms with Crippen LogP contribution in [0.25, 0.3) is 0 Å². The van der Waals surface area contributed by atoms with E-state index in [0.29, 0.717) is 0 Å². The molecule has 0 aromatic carbocycles. The van der Waals surface area contributed by atoms with Crippen LogP contribution in [0.4, 0.5) is 0 Å². The Morgan fingerprint density at radius 1 is 0.267 bits per heavy atom. The zero-order valence-electron chi connectivity index (χ0n) is 20.2. The second-order valence-electron chi connectivity index (χ2n) is 8.59. The molecular weight excluding hydrogens is 456 g/mol. The SMILES string of the molecule is CC1C(C)C(C)C(C)C1C.CC1C(C)C(C)C(C)C1C.[C-]#[O+].[C-]#[O+].[C-]#[O+].[C-]#[O+].[Cr].[Cr]. The van der Waals surface area contributed by atoms with Gasteiger partial charge in [-0.2, -0.15) is 0 Å². The van der Waals surface area contributed by atoms with Gasteiger partial charge in [0.1, 0.15) is 0 Å². The van der Waals surface area contributed by atoms with Gasteiger partial charge in [-0.05, 0) is 59.2 Å². The summed E-state index contributed by atoms with van der Waals surface area (Å²) >= 11 is 0. The van der Waals surface area contributed by atoms with Crippen molar-refractivity contribution in [2.75, 3.05) is 0 Å². The predicted octanol–water partition coefficient (Wildman–Crippen LogP) is 6.21. The molecule has 6 heteroatoms. The fourth-order valence-electron chi connectivity index (χ4n) is 4.79. The summed E-state index contributed by atoms with van der Waals surface area (Å²) in [6.45, 7) is 42.0. The molecule has 0 aromatic rings. The minimum absolute atomic E-state index is 0. The Bertz CT molecular complexity index is 317. The molecule has 0 unspecified atom stereocenters. The van der Waals surface area contributed by atoms with Crippen LogP contribution < -0.4 is 0 Å². The molecule has 0 aromatic heterocycles. The first-order chi connectivity index (χ1) is 13.1. The van der Waals surface area contributed by atoms with Crippen molar-refractivity contribution < 1.29 is 53.3 Å². The van der Waals surface area contributed by atoms with Crippen molar-refractivity contribution in [1.29, 1.82) is 0 Å². The molecule has 0 heterocycles. The summed E-state index contributed by atoms with van der Waals surface area (Å²) in [5.41, 5.74) is 0. The van der Waals surface area contributed by atoms with Crippen LogP contribution in [-0.2, 0) is 53.3 Å². The van der Waals surface area contributed by atoms with Gasteiger partial charge in [-0.15, -0.1) is 0 Å². The molecule has 0 bridgehead atoms. The van der Waals surface area contributed by atoms with Crippen molar-refractivity contribution in [3.63, 3.8) is 0 Å². The summed E-state index contributed by atoms with van der Waals surface area (Å²) < 4.78 is 30.0. The zero-order valence-corrected chi connectivity index (χ0v) is 22.8. The van der Waals surface area contributed by atoms with Crippen LogP contribution in [-0.4, -0.2) is 0 Å². The van der Waals surface area contributed by atoms with E-state index < -0.39 is 0 Å². The van der Waals surface area contributed by atoms with Crippen molar-refractivity contribution in [3.05, 3.63) is 26.6 Å². The van der Waals surface area contributed by atoms with Gasteiger partial charge in [-0.3, -0.25) is 0 Å². The first kappa shape index (κ1) is 43.8. The summed E-state index contributed by atoms with van der Waals surface area (Å²) in [5.74, 6) is 9.35. The molecule has 4 nitrogen and oxygen atoms in total. The van der Waals surface area contributed by atoms with Gasteiger partial charge < -0.3 is 0 Å². The van der Waals surface area contributed by atoms with Gasteiger partial charge >= 0.3 is 45.2 Å². The molecule has 0 amide bonds. The number of hydrogen-bond donors (Lipinski definition) is 0. The second-order valence-corrected chi connectivity index (χ2v) is 8.59. The van der Waals surface area contributed by atoms with E-state index in [1.807, 2.05) is 0 Å². The average molecular weight is 497 g/mol. The summed E-state index contributed by atoms with van der Waals surface area (Å²) in [6.07, 6.45) is 0. The van der Waals surface area contributed by atoms with Crippen LogP contribution in [0.3, 0.4) is 0 Å². The molecule has 0 aliphatic heterocycles. The van der Waals surface area contributed by atoms with Crippen LogP contribution >= 0.6 is 0 Å². The summed E-state index contributed by atoms with van der Waals surface area (Å²) in [7, 11) is 0.